The van der Waals surface area contributed by atoms with Gasteiger partial charge in [0.25, 0.3) is 5.91 Å². The van der Waals surface area contributed by atoms with E-state index in [-0.39, 0.29) is 11.9 Å². The SMILES string of the molecule is CC[C@H]1CCc2sc(C(=O)N[C@H](C)COC)cc2C1. The van der Waals surface area contributed by atoms with Crippen LogP contribution in [0.15, 0.2) is 6.07 Å². The largest absolute Gasteiger partial charge is 0.383 e. The minimum absolute atomic E-state index is 0.0389. The molecule has 1 amide bonds. The molecule has 106 valence electrons. The summed E-state index contributed by atoms with van der Waals surface area (Å²) in [7, 11) is 1.65. The first-order chi connectivity index (χ1) is 9.13. The van der Waals surface area contributed by atoms with E-state index >= 15 is 0 Å². The number of thiophene rings is 1. The molecule has 4 heteroatoms. The molecule has 0 fully saturated rings. The fourth-order valence-corrected chi connectivity index (χ4v) is 3.76. The Kier molecular flexibility index (Phi) is 4.99. The maximum absolute atomic E-state index is 12.1. The zero-order chi connectivity index (χ0) is 13.8. The number of carbonyl (C=O) groups is 1. The molecular formula is C15H23NO2S. The molecule has 19 heavy (non-hydrogen) atoms. The molecule has 0 radical (unpaired) electrons. The zero-order valence-corrected chi connectivity index (χ0v) is 12.8. The Morgan fingerprint density at radius 1 is 1.63 bits per heavy atom. The van der Waals surface area contributed by atoms with Crippen molar-refractivity contribution in [1.82, 2.24) is 5.32 Å². The maximum Gasteiger partial charge on any atom is 0.261 e. The van der Waals surface area contributed by atoms with Gasteiger partial charge in [-0.3, -0.25) is 4.79 Å². The molecule has 3 nitrogen and oxygen atoms in total. The molecule has 1 aliphatic rings. The van der Waals surface area contributed by atoms with E-state index in [9.17, 15) is 4.79 Å². The number of aryl methyl sites for hydroxylation is 1. The lowest BCUT2D eigenvalue weighted by atomic mass is 9.87. The summed E-state index contributed by atoms with van der Waals surface area (Å²) in [5.74, 6) is 0.836. The molecule has 0 saturated carbocycles. The molecule has 0 saturated heterocycles. The number of nitrogens with one attached hydrogen (secondary N) is 1. The van der Waals surface area contributed by atoms with Gasteiger partial charge in [0.2, 0.25) is 0 Å². The third-order valence-corrected chi connectivity index (χ3v) is 5.02. The number of amides is 1. The average Bonchev–Trinajstić information content (AvgIpc) is 2.81. The van der Waals surface area contributed by atoms with Crippen molar-refractivity contribution in [3.05, 3.63) is 21.4 Å². The van der Waals surface area contributed by atoms with E-state index in [0.29, 0.717) is 6.61 Å². The van der Waals surface area contributed by atoms with Crippen molar-refractivity contribution >= 4 is 17.2 Å². The lowest BCUT2D eigenvalue weighted by molar-refractivity contribution is 0.0909. The van der Waals surface area contributed by atoms with Crippen molar-refractivity contribution in [2.75, 3.05) is 13.7 Å². The maximum atomic E-state index is 12.1. The van der Waals surface area contributed by atoms with Gasteiger partial charge in [0.15, 0.2) is 0 Å². The topological polar surface area (TPSA) is 38.3 Å². The minimum Gasteiger partial charge on any atom is -0.383 e. The van der Waals surface area contributed by atoms with E-state index in [1.807, 2.05) is 6.92 Å². The average molecular weight is 281 g/mol. The van der Waals surface area contributed by atoms with Crippen molar-refractivity contribution in [1.29, 1.82) is 0 Å². The lowest BCUT2D eigenvalue weighted by Crippen LogP contribution is -2.35. The number of carbonyl (C=O) groups excluding carboxylic acids is 1. The highest BCUT2D eigenvalue weighted by Crippen LogP contribution is 2.33. The summed E-state index contributed by atoms with van der Waals surface area (Å²) in [6, 6.07) is 2.15. The Morgan fingerprint density at radius 2 is 2.42 bits per heavy atom. The van der Waals surface area contributed by atoms with Crippen molar-refractivity contribution in [3.63, 3.8) is 0 Å². The van der Waals surface area contributed by atoms with Crippen LogP contribution in [0.2, 0.25) is 0 Å². The van der Waals surface area contributed by atoms with Gasteiger partial charge >= 0.3 is 0 Å². The van der Waals surface area contributed by atoms with Crippen molar-refractivity contribution < 1.29 is 9.53 Å². The van der Waals surface area contributed by atoms with Gasteiger partial charge in [0.05, 0.1) is 11.5 Å². The Labute approximate surface area is 119 Å². The fourth-order valence-electron chi connectivity index (χ4n) is 2.65. The molecule has 2 rings (SSSR count). The molecule has 1 N–H and O–H groups in total. The van der Waals surface area contributed by atoms with Crippen LogP contribution in [0.25, 0.3) is 0 Å². The van der Waals surface area contributed by atoms with E-state index < -0.39 is 0 Å². The quantitative estimate of drug-likeness (QED) is 0.901. The molecule has 1 aromatic rings. The molecule has 0 bridgehead atoms. The van der Waals surface area contributed by atoms with Gasteiger partial charge in [-0.25, -0.2) is 0 Å². The summed E-state index contributed by atoms with van der Waals surface area (Å²) in [6.07, 6.45) is 4.79. The van der Waals surface area contributed by atoms with Crippen molar-refractivity contribution in [3.8, 4) is 0 Å². The summed E-state index contributed by atoms with van der Waals surface area (Å²) in [5, 5.41) is 2.98. The summed E-state index contributed by atoms with van der Waals surface area (Å²) < 4.78 is 5.04. The second-order valence-corrected chi connectivity index (χ2v) is 6.54. The smallest absolute Gasteiger partial charge is 0.261 e. The van der Waals surface area contributed by atoms with Gasteiger partial charge in [-0.05, 0) is 43.7 Å². The van der Waals surface area contributed by atoms with E-state index in [2.05, 4.69) is 18.3 Å². The number of hydrogen-bond donors (Lipinski definition) is 1. The highest BCUT2D eigenvalue weighted by Gasteiger charge is 2.22. The lowest BCUT2D eigenvalue weighted by Gasteiger charge is -2.19. The molecule has 1 heterocycles. The van der Waals surface area contributed by atoms with Crippen LogP contribution in [-0.4, -0.2) is 25.7 Å². The van der Waals surface area contributed by atoms with Gasteiger partial charge in [0.1, 0.15) is 0 Å². The fraction of sp³-hybridized carbons (Fsp3) is 0.667. The van der Waals surface area contributed by atoms with Crippen LogP contribution < -0.4 is 5.32 Å². The van der Waals surface area contributed by atoms with E-state index in [4.69, 9.17) is 4.74 Å². The molecule has 0 spiro atoms. The highest BCUT2D eigenvalue weighted by atomic mass is 32.1. The van der Waals surface area contributed by atoms with Crippen LogP contribution in [0.4, 0.5) is 0 Å². The molecular weight excluding hydrogens is 258 g/mol. The molecule has 1 aliphatic carbocycles. The van der Waals surface area contributed by atoms with Gasteiger partial charge in [-0.2, -0.15) is 0 Å². The molecule has 0 aliphatic heterocycles. The van der Waals surface area contributed by atoms with Crippen LogP contribution in [0.1, 0.15) is 46.8 Å². The molecule has 2 atom stereocenters. The van der Waals surface area contributed by atoms with Gasteiger partial charge in [0, 0.05) is 18.0 Å². The monoisotopic (exact) mass is 281 g/mol. The van der Waals surface area contributed by atoms with Gasteiger partial charge in [-0.15, -0.1) is 11.3 Å². The Morgan fingerprint density at radius 3 is 3.11 bits per heavy atom. The Balaban J connectivity index is 2.02. The summed E-state index contributed by atoms with van der Waals surface area (Å²) in [4.78, 5) is 14.4. The van der Waals surface area contributed by atoms with Crippen molar-refractivity contribution in [2.24, 2.45) is 5.92 Å². The first kappa shape index (κ1) is 14.5. The van der Waals surface area contributed by atoms with Crippen LogP contribution in [0, 0.1) is 5.92 Å². The molecule has 0 unspecified atom stereocenters. The third kappa shape index (κ3) is 3.57. The predicted molar refractivity (Wildman–Crippen MR) is 78.9 cm³/mol. The minimum atomic E-state index is 0.0389. The number of ether oxygens (including phenoxy) is 1. The second kappa shape index (κ2) is 6.53. The zero-order valence-electron chi connectivity index (χ0n) is 12.0. The van der Waals surface area contributed by atoms with Crippen LogP contribution in [0.3, 0.4) is 0 Å². The van der Waals surface area contributed by atoms with Crippen molar-refractivity contribution in [2.45, 2.75) is 45.6 Å². The van der Waals surface area contributed by atoms with E-state index in [1.54, 1.807) is 18.4 Å². The van der Waals surface area contributed by atoms with Gasteiger partial charge < -0.3 is 10.1 Å². The summed E-state index contributed by atoms with van der Waals surface area (Å²) >= 11 is 1.66. The third-order valence-electron chi connectivity index (χ3n) is 3.78. The number of rotatable bonds is 5. The molecule has 1 aromatic heterocycles. The van der Waals surface area contributed by atoms with Gasteiger partial charge in [-0.1, -0.05) is 13.3 Å². The number of methoxy groups -OCH3 is 1. The van der Waals surface area contributed by atoms with Crippen LogP contribution in [0.5, 0.6) is 0 Å². The van der Waals surface area contributed by atoms with Crippen LogP contribution >= 0.6 is 11.3 Å². The normalized spacial score (nSPS) is 19.8. The Bertz CT molecular complexity index is 441. The molecule has 0 aromatic carbocycles. The second-order valence-electron chi connectivity index (χ2n) is 5.41. The Hall–Kier alpha value is -0.870. The highest BCUT2D eigenvalue weighted by molar-refractivity contribution is 7.14. The predicted octanol–water partition coefficient (Wildman–Crippen LogP) is 3.03. The number of hydrogen-bond acceptors (Lipinski definition) is 3. The van der Waals surface area contributed by atoms with E-state index in [0.717, 1.165) is 23.6 Å². The first-order valence-electron chi connectivity index (χ1n) is 7.05. The standard InChI is InChI=1S/C15H23NO2S/c1-4-11-5-6-13-12(7-11)8-14(19-13)15(17)16-10(2)9-18-3/h8,10-11H,4-7,9H2,1-3H3,(H,16,17)/t10-,11+/m1/s1. The first-order valence-corrected chi connectivity index (χ1v) is 7.87. The summed E-state index contributed by atoms with van der Waals surface area (Å²) in [6.45, 7) is 4.76. The summed E-state index contributed by atoms with van der Waals surface area (Å²) in [5.41, 5.74) is 1.40. The van der Waals surface area contributed by atoms with E-state index in [1.165, 1.54) is 23.3 Å². The number of fused-ring (bicyclic) bond motifs is 1. The van der Waals surface area contributed by atoms with Crippen LogP contribution in [-0.2, 0) is 17.6 Å².